The van der Waals surface area contributed by atoms with Crippen molar-refractivity contribution in [3.05, 3.63) is 105 Å². The van der Waals surface area contributed by atoms with Gasteiger partial charge in [0.15, 0.2) is 11.5 Å². The van der Waals surface area contributed by atoms with Crippen LogP contribution >= 0.6 is 27.5 Å². The van der Waals surface area contributed by atoms with E-state index in [-0.39, 0.29) is 0 Å². The SMILES string of the molecule is COc1cc(/C=C(/C#N)c2cccc3ccccc23)cc(Br)c1OCc1ccccc1Cl. The van der Waals surface area contributed by atoms with Crippen LogP contribution in [0.4, 0.5) is 0 Å². The second kappa shape index (κ2) is 9.91. The molecule has 0 spiro atoms. The van der Waals surface area contributed by atoms with E-state index in [1.54, 1.807) is 7.11 Å². The Morgan fingerprint density at radius 3 is 2.56 bits per heavy atom. The van der Waals surface area contributed by atoms with Crippen LogP contribution < -0.4 is 9.47 Å². The van der Waals surface area contributed by atoms with Gasteiger partial charge >= 0.3 is 0 Å². The molecule has 0 N–H and O–H groups in total. The summed E-state index contributed by atoms with van der Waals surface area (Å²) in [6.45, 7) is 0.309. The minimum absolute atomic E-state index is 0.309. The van der Waals surface area contributed by atoms with Gasteiger partial charge in [-0.05, 0) is 56.5 Å². The van der Waals surface area contributed by atoms with Crippen molar-refractivity contribution in [1.29, 1.82) is 5.26 Å². The molecule has 0 radical (unpaired) electrons. The number of nitrogens with zero attached hydrogens (tertiary/aromatic N) is 1. The van der Waals surface area contributed by atoms with Crippen LogP contribution in [0.15, 0.2) is 83.3 Å². The van der Waals surface area contributed by atoms with E-state index in [1.807, 2.05) is 84.9 Å². The summed E-state index contributed by atoms with van der Waals surface area (Å²) in [6, 6.07) is 27.7. The first-order valence-electron chi connectivity index (χ1n) is 9.94. The Bertz CT molecular complexity index is 1350. The molecule has 32 heavy (non-hydrogen) atoms. The molecule has 0 amide bonds. The number of rotatable bonds is 6. The number of benzene rings is 4. The summed E-state index contributed by atoms with van der Waals surface area (Å²) in [5.41, 5.74) is 3.17. The molecule has 0 aliphatic heterocycles. The molecular formula is C27H19BrClNO2. The van der Waals surface area contributed by atoms with Gasteiger partial charge < -0.3 is 9.47 Å². The maximum absolute atomic E-state index is 9.89. The molecule has 0 saturated heterocycles. The predicted octanol–water partition coefficient (Wildman–Crippen LogP) is 7.91. The fraction of sp³-hybridized carbons (Fsp3) is 0.0741. The van der Waals surface area contributed by atoms with Crippen LogP contribution in [0.1, 0.15) is 16.7 Å². The standard InChI is InChI=1S/C27H19BrClNO2/c1-31-26-15-18(14-24(28)27(26)32-17-20-8-3-5-12-25(20)29)13-21(16-30)23-11-6-9-19-7-2-4-10-22(19)23/h2-15H,17H2,1H3/b21-13-. The third kappa shape index (κ3) is 4.65. The van der Waals surface area contributed by atoms with Gasteiger partial charge in [0.1, 0.15) is 6.61 Å². The molecule has 0 aliphatic carbocycles. The van der Waals surface area contributed by atoms with Crippen molar-refractivity contribution in [2.75, 3.05) is 7.11 Å². The van der Waals surface area contributed by atoms with Crippen molar-refractivity contribution in [2.45, 2.75) is 6.61 Å². The molecule has 4 aromatic rings. The highest BCUT2D eigenvalue weighted by atomic mass is 79.9. The smallest absolute Gasteiger partial charge is 0.175 e. The van der Waals surface area contributed by atoms with Gasteiger partial charge in [0, 0.05) is 16.1 Å². The summed E-state index contributed by atoms with van der Waals surface area (Å²) in [5, 5.41) is 12.7. The Balaban J connectivity index is 1.69. The van der Waals surface area contributed by atoms with Crippen LogP contribution in [0.2, 0.25) is 5.02 Å². The first kappa shape index (κ1) is 22.0. The lowest BCUT2D eigenvalue weighted by atomic mass is 9.97. The largest absolute Gasteiger partial charge is 0.493 e. The topological polar surface area (TPSA) is 42.2 Å². The van der Waals surface area contributed by atoms with Gasteiger partial charge in [-0.2, -0.15) is 5.26 Å². The minimum Gasteiger partial charge on any atom is -0.493 e. The van der Waals surface area contributed by atoms with E-state index in [1.165, 1.54) is 0 Å². The number of ether oxygens (including phenoxy) is 2. The Morgan fingerprint density at radius 2 is 1.78 bits per heavy atom. The lowest BCUT2D eigenvalue weighted by molar-refractivity contribution is 0.282. The summed E-state index contributed by atoms with van der Waals surface area (Å²) < 4.78 is 12.3. The lowest BCUT2D eigenvalue weighted by Gasteiger charge is -2.14. The van der Waals surface area contributed by atoms with Crippen molar-refractivity contribution >= 4 is 50.0 Å². The van der Waals surface area contributed by atoms with E-state index in [2.05, 4.69) is 22.0 Å². The van der Waals surface area contributed by atoms with Crippen LogP contribution in [0.5, 0.6) is 11.5 Å². The van der Waals surface area contributed by atoms with Crippen molar-refractivity contribution < 1.29 is 9.47 Å². The summed E-state index contributed by atoms with van der Waals surface area (Å²) >= 11 is 9.83. The van der Waals surface area contributed by atoms with E-state index in [0.717, 1.165) is 31.9 Å². The molecule has 3 nitrogen and oxygen atoms in total. The van der Waals surface area contributed by atoms with E-state index < -0.39 is 0 Å². The summed E-state index contributed by atoms with van der Waals surface area (Å²) in [7, 11) is 1.59. The van der Waals surface area contributed by atoms with E-state index in [9.17, 15) is 5.26 Å². The van der Waals surface area contributed by atoms with Crippen molar-refractivity contribution in [3.8, 4) is 17.6 Å². The number of hydrogen-bond acceptors (Lipinski definition) is 3. The van der Waals surface area contributed by atoms with Crippen molar-refractivity contribution in [3.63, 3.8) is 0 Å². The Hall–Kier alpha value is -3.26. The highest BCUT2D eigenvalue weighted by Crippen LogP contribution is 2.38. The zero-order chi connectivity index (χ0) is 22.5. The van der Waals surface area contributed by atoms with Crippen LogP contribution in [-0.4, -0.2) is 7.11 Å². The molecule has 0 heterocycles. The second-order valence-electron chi connectivity index (χ2n) is 7.11. The third-order valence-corrected chi connectivity index (χ3v) is 6.05. The summed E-state index contributed by atoms with van der Waals surface area (Å²) in [5.74, 6) is 1.14. The second-order valence-corrected chi connectivity index (χ2v) is 8.37. The molecule has 0 saturated carbocycles. The zero-order valence-electron chi connectivity index (χ0n) is 17.3. The van der Waals surface area contributed by atoms with Gasteiger partial charge in [0.05, 0.1) is 23.2 Å². The average molecular weight is 505 g/mol. The zero-order valence-corrected chi connectivity index (χ0v) is 19.7. The van der Waals surface area contributed by atoms with Gasteiger partial charge in [-0.3, -0.25) is 0 Å². The Morgan fingerprint density at radius 1 is 1.03 bits per heavy atom. The normalized spacial score (nSPS) is 11.2. The monoisotopic (exact) mass is 503 g/mol. The maximum atomic E-state index is 9.89. The van der Waals surface area contributed by atoms with Crippen LogP contribution in [0.25, 0.3) is 22.4 Å². The lowest BCUT2D eigenvalue weighted by Crippen LogP contribution is -1.99. The molecular weight excluding hydrogens is 486 g/mol. The van der Waals surface area contributed by atoms with Gasteiger partial charge in [0.25, 0.3) is 0 Å². The molecule has 158 valence electrons. The molecule has 0 atom stereocenters. The van der Waals surface area contributed by atoms with Gasteiger partial charge in [-0.1, -0.05) is 72.3 Å². The van der Waals surface area contributed by atoms with Crippen LogP contribution in [-0.2, 0) is 6.61 Å². The number of nitriles is 1. The van der Waals surface area contributed by atoms with E-state index in [4.69, 9.17) is 21.1 Å². The highest BCUT2D eigenvalue weighted by molar-refractivity contribution is 9.10. The first-order chi connectivity index (χ1) is 15.6. The Labute approximate surface area is 200 Å². The molecule has 0 unspecified atom stereocenters. The number of fused-ring (bicyclic) bond motifs is 1. The maximum Gasteiger partial charge on any atom is 0.175 e. The molecule has 4 aromatic carbocycles. The number of allylic oxidation sites excluding steroid dienone is 1. The molecule has 5 heteroatoms. The van der Waals surface area contributed by atoms with Crippen LogP contribution in [0, 0.1) is 11.3 Å². The summed E-state index contributed by atoms with van der Waals surface area (Å²) in [6.07, 6.45) is 1.85. The van der Waals surface area contributed by atoms with Crippen molar-refractivity contribution in [1.82, 2.24) is 0 Å². The average Bonchev–Trinajstić information content (AvgIpc) is 2.82. The summed E-state index contributed by atoms with van der Waals surface area (Å²) in [4.78, 5) is 0. The van der Waals surface area contributed by atoms with Crippen molar-refractivity contribution in [2.24, 2.45) is 0 Å². The molecule has 0 bridgehead atoms. The molecule has 0 aliphatic rings. The fourth-order valence-corrected chi connectivity index (χ4v) is 4.29. The van der Waals surface area contributed by atoms with E-state index in [0.29, 0.717) is 28.7 Å². The predicted molar refractivity (Wildman–Crippen MR) is 134 cm³/mol. The van der Waals surface area contributed by atoms with Gasteiger partial charge in [0.2, 0.25) is 0 Å². The Kier molecular flexibility index (Phi) is 6.80. The first-order valence-corrected chi connectivity index (χ1v) is 11.1. The van der Waals surface area contributed by atoms with Gasteiger partial charge in [-0.25, -0.2) is 0 Å². The number of methoxy groups -OCH3 is 1. The molecule has 4 rings (SSSR count). The van der Waals surface area contributed by atoms with E-state index >= 15 is 0 Å². The molecule has 0 aromatic heterocycles. The number of halogens is 2. The number of hydrogen-bond donors (Lipinski definition) is 0. The van der Waals surface area contributed by atoms with Crippen LogP contribution in [0.3, 0.4) is 0 Å². The van der Waals surface area contributed by atoms with Gasteiger partial charge in [-0.15, -0.1) is 0 Å². The third-order valence-electron chi connectivity index (χ3n) is 5.09. The quantitative estimate of drug-likeness (QED) is 0.198. The molecule has 0 fully saturated rings. The minimum atomic E-state index is 0.309. The highest BCUT2D eigenvalue weighted by Gasteiger charge is 2.14. The fourth-order valence-electron chi connectivity index (χ4n) is 3.53.